The van der Waals surface area contributed by atoms with E-state index in [1.54, 1.807) is 24.3 Å². The van der Waals surface area contributed by atoms with Crippen LogP contribution in [0.4, 0.5) is 8.78 Å². The highest BCUT2D eigenvalue weighted by Crippen LogP contribution is 2.32. The van der Waals surface area contributed by atoms with E-state index in [1.165, 1.54) is 12.3 Å². The summed E-state index contributed by atoms with van der Waals surface area (Å²) in [6, 6.07) is 1.38. The summed E-state index contributed by atoms with van der Waals surface area (Å²) in [7, 11) is 0. The van der Waals surface area contributed by atoms with Crippen LogP contribution in [0.5, 0.6) is 0 Å². The zero-order valence-corrected chi connectivity index (χ0v) is 10.3. The average molecular weight is 279 g/mol. The van der Waals surface area contributed by atoms with Crippen LogP contribution in [0.15, 0.2) is 36.6 Å². The Kier molecular flexibility index (Phi) is 2.96. The van der Waals surface area contributed by atoms with E-state index in [1.807, 2.05) is 0 Å². The van der Waals surface area contributed by atoms with Crippen LogP contribution in [-0.4, -0.2) is 26.5 Å². The molecule has 0 N–H and O–H groups in total. The third kappa shape index (κ3) is 1.86. The second-order valence-electron chi connectivity index (χ2n) is 4.63. The van der Waals surface area contributed by atoms with Gasteiger partial charge in [0.2, 0.25) is 11.8 Å². The quantitative estimate of drug-likeness (QED) is 0.788. The Morgan fingerprint density at radius 1 is 1.15 bits per heavy atom. The van der Waals surface area contributed by atoms with Gasteiger partial charge in [0.25, 0.3) is 0 Å². The van der Waals surface area contributed by atoms with Crippen molar-refractivity contribution in [2.24, 2.45) is 11.8 Å². The molecule has 2 amide bonds. The molecule has 1 aliphatic heterocycles. The van der Waals surface area contributed by atoms with Crippen molar-refractivity contribution in [1.82, 2.24) is 14.7 Å². The van der Waals surface area contributed by atoms with E-state index in [9.17, 15) is 18.4 Å². The Labute approximate surface area is 113 Å². The summed E-state index contributed by atoms with van der Waals surface area (Å²) in [4.78, 5) is 25.3. The lowest BCUT2D eigenvalue weighted by Crippen LogP contribution is -2.31. The van der Waals surface area contributed by atoms with E-state index >= 15 is 0 Å². The molecule has 0 bridgehead atoms. The van der Waals surface area contributed by atoms with Crippen LogP contribution >= 0.6 is 0 Å². The molecule has 0 unspecified atom stereocenters. The standard InChI is InChI=1S/C13H11F2N3O2/c14-13(15)18-8(5-6-16-18)7-17-11(19)9-3-1-2-4-10(9)12(17)20/h1-6,9-10,13H,7H2/t9-,10-/m1/s1. The zero-order chi connectivity index (χ0) is 14.3. The number of nitrogens with zero attached hydrogens (tertiary/aromatic N) is 3. The summed E-state index contributed by atoms with van der Waals surface area (Å²) in [6.45, 7) is -2.98. The minimum atomic E-state index is -2.80. The number of rotatable bonds is 3. The van der Waals surface area contributed by atoms with E-state index in [0.29, 0.717) is 4.68 Å². The van der Waals surface area contributed by atoms with Crippen LogP contribution < -0.4 is 0 Å². The van der Waals surface area contributed by atoms with Crippen LogP contribution in [0, 0.1) is 11.8 Å². The van der Waals surface area contributed by atoms with E-state index in [0.717, 1.165) is 4.90 Å². The Morgan fingerprint density at radius 2 is 1.75 bits per heavy atom. The SMILES string of the molecule is O=C1[C@@H]2C=CC=C[C@H]2C(=O)N1Cc1ccnn1C(F)F. The molecule has 1 saturated heterocycles. The van der Waals surface area contributed by atoms with Gasteiger partial charge >= 0.3 is 6.55 Å². The fourth-order valence-corrected chi connectivity index (χ4v) is 2.51. The first-order chi connectivity index (χ1) is 9.59. The number of imide groups is 1. The van der Waals surface area contributed by atoms with Crippen LogP contribution in [0.25, 0.3) is 0 Å². The smallest absolute Gasteiger partial charge is 0.275 e. The maximum absolute atomic E-state index is 12.7. The van der Waals surface area contributed by atoms with Crippen LogP contribution in [0.2, 0.25) is 0 Å². The van der Waals surface area contributed by atoms with Crippen molar-refractivity contribution in [3.8, 4) is 0 Å². The summed E-state index contributed by atoms with van der Waals surface area (Å²) in [6.07, 6.45) is 7.96. The van der Waals surface area contributed by atoms with E-state index in [2.05, 4.69) is 5.10 Å². The van der Waals surface area contributed by atoms with Crippen molar-refractivity contribution >= 4 is 11.8 Å². The van der Waals surface area contributed by atoms with Gasteiger partial charge in [-0.2, -0.15) is 13.9 Å². The van der Waals surface area contributed by atoms with Gasteiger partial charge in [-0.05, 0) is 6.07 Å². The van der Waals surface area contributed by atoms with Crippen LogP contribution in [0.1, 0.15) is 12.2 Å². The lowest BCUT2D eigenvalue weighted by molar-refractivity contribution is -0.140. The summed E-state index contributed by atoms with van der Waals surface area (Å²) >= 11 is 0. The first-order valence-electron chi connectivity index (χ1n) is 6.10. The molecule has 0 spiro atoms. The molecule has 1 aliphatic carbocycles. The fourth-order valence-electron chi connectivity index (χ4n) is 2.51. The lowest BCUT2D eigenvalue weighted by Gasteiger charge is -2.15. The number of carbonyl (C=O) groups excluding carboxylic acids is 2. The largest absolute Gasteiger partial charge is 0.333 e. The molecule has 5 nitrogen and oxygen atoms in total. The zero-order valence-electron chi connectivity index (χ0n) is 10.3. The van der Waals surface area contributed by atoms with Crippen molar-refractivity contribution in [1.29, 1.82) is 0 Å². The third-order valence-electron chi connectivity index (χ3n) is 3.49. The number of alkyl halides is 2. The van der Waals surface area contributed by atoms with Gasteiger partial charge in [-0.3, -0.25) is 14.5 Å². The molecule has 2 aliphatic rings. The molecular formula is C13H11F2N3O2. The molecule has 0 radical (unpaired) electrons. The summed E-state index contributed by atoms with van der Waals surface area (Å²) < 4.78 is 25.9. The van der Waals surface area contributed by atoms with Crippen LogP contribution in [-0.2, 0) is 16.1 Å². The number of hydrogen-bond donors (Lipinski definition) is 0. The molecule has 7 heteroatoms. The minimum Gasteiger partial charge on any atom is -0.275 e. The van der Waals surface area contributed by atoms with Crippen molar-refractivity contribution in [3.05, 3.63) is 42.3 Å². The number of likely N-dealkylation sites (tertiary alicyclic amines) is 1. The lowest BCUT2D eigenvalue weighted by atomic mass is 9.91. The van der Waals surface area contributed by atoms with Crippen LogP contribution in [0.3, 0.4) is 0 Å². The number of aromatic nitrogens is 2. The first kappa shape index (κ1) is 12.7. The number of hydrogen-bond acceptors (Lipinski definition) is 3. The highest BCUT2D eigenvalue weighted by molar-refractivity contribution is 6.07. The molecular weight excluding hydrogens is 268 g/mol. The van der Waals surface area contributed by atoms with Gasteiger partial charge in [0, 0.05) is 6.20 Å². The van der Waals surface area contributed by atoms with E-state index in [-0.39, 0.29) is 24.1 Å². The van der Waals surface area contributed by atoms with Gasteiger partial charge < -0.3 is 0 Å². The number of allylic oxidation sites excluding steroid dienone is 2. The second kappa shape index (κ2) is 4.66. The van der Waals surface area contributed by atoms with Gasteiger partial charge in [-0.1, -0.05) is 24.3 Å². The number of fused-ring (bicyclic) bond motifs is 1. The van der Waals surface area contributed by atoms with Gasteiger partial charge in [0.05, 0.1) is 24.1 Å². The predicted octanol–water partition coefficient (Wildman–Crippen LogP) is 1.51. The van der Waals surface area contributed by atoms with E-state index in [4.69, 9.17) is 0 Å². The molecule has 2 heterocycles. The Balaban J connectivity index is 1.86. The van der Waals surface area contributed by atoms with E-state index < -0.39 is 18.4 Å². The summed E-state index contributed by atoms with van der Waals surface area (Å²) in [5.41, 5.74) is 0.133. The number of halogens is 2. The topological polar surface area (TPSA) is 55.2 Å². The molecule has 2 atom stereocenters. The maximum atomic E-state index is 12.7. The molecule has 0 aromatic carbocycles. The third-order valence-corrected chi connectivity index (χ3v) is 3.49. The Hall–Kier alpha value is -2.31. The normalized spacial score (nSPS) is 24.9. The monoisotopic (exact) mass is 279 g/mol. The summed E-state index contributed by atoms with van der Waals surface area (Å²) in [5.74, 6) is -1.75. The molecule has 20 heavy (non-hydrogen) atoms. The number of carbonyl (C=O) groups is 2. The van der Waals surface area contributed by atoms with Gasteiger partial charge in [-0.15, -0.1) is 0 Å². The summed E-state index contributed by atoms with van der Waals surface area (Å²) in [5, 5.41) is 3.49. The van der Waals surface area contributed by atoms with Crippen molar-refractivity contribution in [3.63, 3.8) is 0 Å². The average Bonchev–Trinajstić information content (AvgIpc) is 2.99. The van der Waals surface area contributed by atoms with Crippen molar-refractivity contribution in [2.75, 3.05) is 0 Å². The van der Waals surface area contributed by atoms with Crippen molar-refractivity contribution in [2.45, 2.75) is 13.1 Å². The van der Waals surface area contributed by atoms with Gasteiger partial charge in [0.1, 0.15) is 0 Å². The van der Waals surface area contributed by atoms with Gasteiger partial charge in [0.15, 0.2) is 0 Å². The van der Waals surface area contributed by atoms with Crippen molar-refractivity contribution < 1.29 is 18.4 Å². The first-order valence-corrected chi connectivity index (χ1v) is 6.10. The highest BCUT2D eigenvalue weighted by Gasteiger charge is 2.45. The molecule has 1 aromatic heterocycles. The molecule has 0 saturated carbocycles. The fraction of sp³-hybridized carbons (Fsp3) is 0.308. The van der Waals surface area contributed by atoms with Gasteiger partial charge in [-0.25, -0.2) is 4.68 Å². The predicted molar refractivity (Wildman–Crippen MR) is 64.3 cm³/mol. The minimum absolute atomic E-state index is 0.133. The number of amides is 2. The maximum Gasteiger partial charge on any atom is 0.333 e. The highest BCUT2D eigenvalue weighted by atomic mass is 19.3. The molecule has 3 rings (SSSR count). The Morgan fingerprint density at radius 3 is 2.30 bits per heavy atom. The Bertz CT molecular complexity index is 591. The molecule has 104 valence electrons. The molecule has 1 fully saturated rings. The second-order valence-corrected chi connectivity index (χ2v) is 4.63. The molecule has 1 aromatic rings.